The minimum atomic E-state index is -0.847. The largest absolute Gasteiger partial charge is 0.488 e. The third-order valence-corrected chi connectivity index (χ3v) is 5.21. The molecule has 140 valence electrons. The van der Waals surface area contributed by atoms with E-state index >= 15 is 0 Å². The first-order valence-electron chi connectivity index (χ1n) is 8.11. The number of carboxylic acids is 1. The van der Waals surface area contributed by atoms with Gasteiger partial charge in [-0.15, -0.1) is 0 Å². The van der Waals surface area contributed by atoms with Crippen LogP contribution < -0.4 is 10.1 Å². The zero-order valence-corrected chi connectivity index (χ0v) is 16.7. The topological polar surface area (TPSA) is 58.6 Å². The quantitative estimate of drug-likeness (QED) is 0.581. The molecule has 2 rings (SSSR count). The van der Waals surface area contributed by atoms with Crippen LogP contribution in [0.5, 0.6) is 5.75 Å². The number of halogens is 2. The van der Waals surface area contributed by atoms with E-state index in [4.69, 9.17) is 27.9 Å². The molecular weight excluding hydrogens is 393 g/mol. The number of thioether (sulfide) groups is 1. The Kier molecular flexibility index (Phi) is 8.59. The zero-order valence-electron chi connectivity index (χ0n) is 14.4. The van der Waals surface area contributed by atoms with Crippen molar-refractivity contribution in [3.63, 3.8) is 0 Å². The smallest absolute Gasteiger partial charge is 0.320 e. The number of para-hydroxylation sites is 1. The number of aliphatic carboxylic acids is 1. The van der Waals surface area contributed by atoms with E-state index in [9.17, 15) is 9.90 Å². The molecule has 0 spiro atoms. The van der Waals surface area contributed by atoms with Crippen molar-refractivity contribution >= 4 is 40.9 Å². The lowest BCUT2D eigenvalue weighted by atomic mass is 10.1. The van der Waals surface area contributed by atoms with Crippen LogP contribution in [0, 0.1) is 0 Å². The SMILES string of the molecule is CSCCC(NCc1ccccc1OCc1c(Cl)cccc1Cl)C(=O)O. The molecule has 0 saturated heterocycles. The molecule has 0 aliphatic carbocycles. The average molecular weight is 414 g/mol. The van der Waals surface area contributed by atoms with Gasteiger partial charge < -0.3 is 15.2 Å². The summed E-state index contributed by atoms with van der Waals surface area (Å²) in [5.74, 6) is 0.609. The number of carboxylic acid groups (broad SMARTS) is 1. The second-order valence-corrected chi connectivity index (χ2v) is 7.45. The summed E-state index contributed by atoms with van der Waals surface area (Å²) < 4.78 is 5.90. The highest BCUT2D eigenvalue weighted by Crippen LogP contribution is 2.27. The Morgan fingerprint density at radius 2 is 1.88 bits per heavy atom. The Bertz CT molecular complexity index is 722. The number of hydrogen-bond donors (Lipinski definition) is 2. The molecule has 0 amide bonds. The summed E-state index contributed by atoms with van der Waals surface area (Å²) in [6.07, 6.45) is 2.52. The molecule has 1 atom stereocenters. The molecule has 0 fully saturated rings. The molecule has 0 bridgehead atoms. The minimum absolute atomic E-state index is 0.240. The zero-order chi connectivity index (χ0) is 18.9. The number of nitrogens with one attached hydrogen (secondary N) is 1. The third kappa shape index (κ3) is 6.09. The van der Waals surface area contributed by atoms with E-state index in [2.05, 4.69) is 5.32 Å². The Hall–Kier alpha value is -1.40. The average Bonchev–Trinajstić information content (AvgIpc) is 2.62. The third-order valence-electron chi connectivity index (χ3n) is 3.85. The van der Waals surface area contributed by atoms with Crippen molar-refractivity contribution in [3.05, 3.63) is 63.6 Å². The van der Waals surface area contributed by atoms with Gasteiger partial charge in [0.2, 0.25) is 0 Å². The fraction of sp³-hybridized carbons (Fsp3) is 0.316. The normalized spacial score (nSPS) is 12.0. The Morgan fingerprint density at radius 1 is 1.19 bits per heavy atom. The second kappa shape index (κ2) is 10.7. The van der Waals surface area contributed by atoms with Gasteiger partial charge in [0.25, 0.3) is 0 Å². The van der Waals surface area contributed by atoms with Crippen molar-refractivity contribution in [3.8, 4) is 5.75 Å². The van der Waals surface area contributed by atoms with Gasteiger partial charge in [-0.3, -0.25) is 4.79 Å². The van der Waals surface area contributed by atoms with Gasteiger partial charge in [-0.25, -0.2) is 0 Å². The van der Waals surface area contributed by atoms with Gasteiger partial charge in [-0.2, -0.15) is 11.8 Å². The predicted octanol–water partition coefficient (Wildman–Crippen LogP) is 4.87. The monoisotopic (exact) mass is 413 g/mol. The fourth-order valence-electron chi connectivity index (χ4n) is 2.39. The van der Waals surface area contributed by atoms with Crippen LogP contribution in [0.25, 0.3) is 0 Å². The Morgan fingerprint density at radius 3 is 2.54 bits per heavy atom. The maximum Gasteiger partial charge on any atom is 0.320 e. The van der Waals surface area contributed by atoms with Crippen LogP contribution in [-0.4, -0.2) is 29.1 Å². The van der Waals surface area contributed by atoms with E-state index in [1.165, 1.54) is 0 Å². The molecule has 2 aromatic rings. The van der Waals surface area contributed by atoms with Crippen molar-refractivity contribution in [2.45, 2.75) is 25.6 Å². The summed E-state index contributed by atoms with van der Waals surface area (Å²) in [5, 5.41) is 13.5. The van der Waals surface area contributed by atoms with Crippen LogP contribution in [0.15, 0.2) is 42.5 Å². The van der Waals surface area contributed by atoms with Gasteiger partial charge in [0.05, 0.1) is 0 Å². The van der Waals surface area contributed by atoms with Crippen LogP contribution in [0.1, 0.15) is 17.5 Å². The molecule has 7 heteroatoms. The maximum atomic E-state index is 11.4. The van der Waals surface area contributed by atoms with Gasteiger partial charge in [0.15, 0.2) is 0 Å². The lowest BCUT2D eigenvalue weighted by Gasteiger charge is -2.17. The van der Waals surface area contributed by atoms with Crippen LogP contribution in [0.4, 0.5) is 0 Å². The van der Waals surface area contributed by atoms with Gasteiger partial charge in [0.1, 0.15) is 18.4 Å². The number of rotatable bonds is 10. The Balaban J connectivity index is 2.04. The first kappa shape index (κ1) is 20.9. The number of carbonyl (C=O) groups is 1. The summed E-state index contributed by atoms with van der Waals surface area (Å²) in [6, 6.07) is 12.2. The van der Waals surface area contributed by atoms with E-state index in [1.54, 1.807) is 30.0 Å². The Labute approximate surface area is 167 Å². The molecule has 0 saturated carbocycles. The first-order chi connectivity index (χ1) is 12.5. The summed E-state index contributed by atoms with van der Waals surface area (Å²) in [4.78, 5) is 11.4. The van der Waals surface area contributed by atoms with E-state index in [-0.39, 0.29) is 6.61 Å². The molecule has 2 aromatic carbocycles. The van der Waals surface area contributed by atoms with Crippen LogP contribution in [0.3, 0.4) is 0 Å². The van der Waals surface area contributed by atoms with Gasteiger partial charge >= 0.3 is 5.97 Å². The van der Waals surface area contributed by atoms with E-state index in [1.807, 2.05) is 30.5 Å². The number of hydrogen-bond acceptors (Lipinski definition) is 4. The first-order valence-corrected chi connectivity index (χ1v) is 10.3. The van der Waals surface area contributed by atoms with Crippen molar-refractivity contribution in [2.24, 2.45) is 0 Å². The molecule has 0 heterocycles. The van der Waals surface area contributed by atoms with Crippen molar-refractivity contribution < 1.29 is 14.6 Å². The highest BCUT2D eigenvalue weighted by Gasteiger charge is 2.17. The fourth-order valence-corrected chi connectivity index (χ4v) is 3.37. The maximum absolute atomic E-state index is 11.4. The van der Waals surface area contributed by atoms with E-state index < -0.39 is 12.0 Å². The van der Waals surface area contributed by atoms with Gasteiger partial charge in [-0.05, 0) is 36.6 Å². The van der Waals surface area contributed by atoms with Gasteiger partial charge in [-0.1, -0.05) is 47.5 Å². The molecule has 26 heavy (non-hydrogen) atoms. The lowest BCUT2D eigenvalue weighted by Crippen LogP contribution is -2.36. The van der Waals surface area contributed by atoms with Crippen LogP contribution >= 0.6 is 35.0 Å². The second-order valence-electron chi connectivity index (χ2n) is 5.65. The van der Waals surface area contributed by atoms with Crippen LogP contribution in [-0.2, 0) is 17.9 Å². The lowest BCUT2D eigenvalue weighted by molar-refractivity contribution is -0.139. The molecule has 2 N–H and O–H groups in total. The van der Waals surface area contributed by atoms with Crippen molar-refractivity contribution in [1.29, 1.82) is 0 Å². The molecule has 0 aromatic heterocycles. The highest BCUT2D eigenvalue weighted by molar-refractivity contribution is 7.98. The minimum Gasteiger partial charge on any atom is -0.488 e. The highest BCUT2D eigenvalue weighted by atomic mass is 35.5. The molecule has 4 nitrogen and oxygen atoms in total. The summed E-state index contributed by atoms with van der Waals surface area (Å²) >= 11 is 14.0. The number of benzene rings is 2. The van der Waals surface area contributed by atoms with Gasteiger partial charge in [0, 0.05) is 27.7 Å². The standard InChI is InChI=1S/C19H21Cl2NO3S/c1-26-10-9-17(19(23)24)22-11-13-5-2-3-8-18(13)25-12-14-15(20)6-4-7-16(14)21/h2-8,17,22H,9-12H2,1H3,(H,23,24). The van der Waals surface area contributed by atoms with Crippen molar-refractivity contribution in [2.75, 3.05) is 12.0 Å². The van der Waals surface area contributed by atoms with E-state index in [0.29, 0.717) is 28.8 Å². The summed E-state index contributed by atoms with van der Waals surface area (Å²) in [6.45, 7) is 0.641. The molecule has 0 aliphatic rings. The summed E-state index contributed by atoms with van der Waals surface area (Å²) in [7, 11) is 0. The molecular formula is C19H21Cl2NO3S. The molecule has 0 aliphatic heterocycles. The molecule has 1 unspecified atom stereocenters. The molecule has 0 radical (unpaired) electrons. The summed E-state index contributed by atoms with van der Waals surface area (Å²) in [5.41, 5.74) is 1.60. The van der Waals surface area contributed by atoms with E-state index in [0.717, 1.165) is 16.9 Å². The van der Waals surface area contributed by atoms with Crippen molar-refractivity contribution in [1.82, 2.24) is 5.32 Å². The number of ether oxygens (including phenoxy) is 1. The van der Waals surface area contributed by atoms with Crippen LogP contribution in [0.2, 0.25) is 10.0 Å². The predicted molar refractivity (Wildman–Crippen MR) is 108 cm³/mol.